The van der Waals surface area contributed by atoms with Gasteiger partial charge in [-0.25, -0.2) is 0 Å². The third kappa shape index (κ3) is 6.29. The van der Waals surface area contributed by atoms with Gasteiger partial charge in [-0.2, -0.15) is 0 Å². The van der Waals surface area contributed by atoms with Gasteiger partial charge < -0.3 is 30.2 Å². The van der Waals surface area contributed by atoms with Gasteiger partial charge in [-0.05, 0) is 67.1 Å². The highest BCUT2D eigenvalue weighted by molar-refractivity contribution is 5.86. The number of carbonyl (C=O) groups is 2. The first-order chi connectivity index (χ1) is 19.7. The number of carbonyl (C=O) groups excluding carboxylic acids is 2. The minimum absolute atomic E-state index is 0.197. The average Bonchev–Trinajstić information content (AvgIpc) is 3.20. The summed E-state index contributed by atoms with van der Waals surface area (Å²) in [5.41, 5.74) is 4.00. The Balaban J connectivity index is 1.77. The van der Waals surface area contributed by atoms with Crippen LogP contribution in [0.3, 0.4) is 0 Å². The van der Waals surface area contributed by atoms with E-state index in [0.717, 1.165) is 16.7 Å². The number of hydrogen-bond donors (Lipinski definition) is 3. The number of fused-ring (bicyclic) bond motifs is 3. The average molecular weight is 560 g/mol. The van der Waals surface area contributed by atoms with E-state index < -0.39 is 12.1 Å². The monoisotopic (exact) mass is 559 g/mol. The van der Waals surface area contributed by atoms with Gasteiger partial charge in [-0.15, -0.1) is 0 Å². The summed E-state index contributed by atoms with van der Waals surface area (Å²) >= 11 is 0. The van der Waals surface area contributed by atoms with Crippen molar-refractivity contribution in [2.75, 3.05) is 26.6 Å². The lowest BCUT2D eigenvalue weighted by Gasteiger charge is -2.19. The highest BCUT2D eigenvalue weighted by atomic mass is 16.5. The molecule has 3 unspecified atom stereocenters. The van der Waals surface area contributed by atoms with Crippen LogP contribution in [0.4, 0.5) is 5.69 Å². The maximum absolute atomic E-state index is 13.5. The molecule has 9 nitrogen and oxygen atoms in total. The fourth-order valence-corrected chi connectivity index (χ4v) is 5.29. The molecular formula is C32H37N3O6. The number of nitrogens with one attached hydrogen (secondary N) is 3. The van der Waals surface area contributed by atoms with E-state index in [2.05, 4.69) is 16.0 Å². The standard InChI is InChI=1S/C32H37N3O6/c1-18(21-10-8-7-9-11-21)34-32(38)19(2)33-26-15-13-23-24(17-27(26)37)25(35-20(3)36)14-12-22-16-28(39-4)30(40-5)31(41-6)29(22)23/h7-11,13,15-19,25H,12,14H2,1-6H3,(H,33,37)(H,34,38)(H,35,36). The molecule has 0 aromatic heterocycles. The van der Waals surface area contributed by atoms with Crippen LogP contribution >= 0.6 is 0 Å². The van der Waals surface area contributed by atoms with Crippen LogP contribution in [-0.4, -0.2) is 39.2 Å². The first-order valence-corrected chi connectivity index (χ1v) is 13.6. The van der Waals surface area contributed by atoms with Crippen LogP contribution in [0.2, 0.25) is 0 Å². The molecule has 0 radical (unpaired) electrons. The number of benzene rings is 2. The summed E-state index contributed by atoms with van der Waals surface area (Å²) in [7, 11) is 4.66. The Kier molecular flexibility index (Phi) is 9.17. The lowest BCUT2D eigenvalue weighted by molar-refractivity contribution is -0.122. The fourth-order valence-electron chi connectivity index (χ4n) is 5.29. The minimum atomic E-state index is -0.687. The second-order valence-electron chi connectivity index (χ2n) is 10.1. The Bertz CT molecular complexity index is 1490. The number of aryl methyl sites for hydroxylation is 1. The zero-order valence-corrected chi connectivity index (χ0v) is 24.3. The summed E-state index contributed by atoms with van der Waals surface area (Å²) in [5.74, 6) is 0.988. The van der Waals surface area contributed by atoms with Gasteiger partial charge in [-0.1, -0.05) is 36.4 Å². The van der Waals surface area contributed by atoms with Crippen LogP contribution in [0, 0.1) is 0 Å². The van der Waals surface area contributed by atoms with Crippen LogP contribution in [-0.2, 0) is 16.0 Å². The molecule has 0 spiro atoms. The first kappa shape index (κ1) is 29.5. The van der Waals surface area contributed by atoms with Crippen molar-refractivity contribution in [3.63, 3.8) is 0 Å². The molecule has 3 atom stereocenters. The molecule has 0 bridgehead atoms. The zero-order chi connectivity index (χ0) is 29.7. The number of hydrogen-bond acceptors (Lipinski definition) is 7. The molecule has 4 rings (SSSR count). The van der Waals surface area contributed by atoms with Crippen LogP contribution in [0.5, 0.6) is 17.2 Å². The predicted molar refractivity (Wildman–Crippen MR) is 159 cm³/mol. The van der Waals surface area contributed by atoms with Crippen molar-refractivity contribution in [1.29, 1.82) is 0 Å². The smallest absolute Gasteiger partial charge is 0.242 e. The van der Waals surface area contributed by atoms with E-state index in [9.17, 15) is 14.4 Å². The SMILES string of the molecule is COc1cc2c(c(OC)c1OC)-c1ccc(NC(C)C(=O)NC(C)c3ccccc3)c(=O)cc1C(NC(C)=O)CC2. The zero-order valence-electron chi connectivity index (χ0n) is 24.3. The summed E-state index contributed by atoms with van der Waals surface area (Å²) in [5, 5.41) is 9.08. The summed E-state index contributed by atoms with van der Waals surface area (Å²) in [6, 6.07) is 15.3. The maximum atomic E-state index is 13.5. The van der Waals surface area contributed by atoms with Crippen LogP contribution < -0.4 is 35.6 Å². The highest BCUT2D eigenvalue weighted by Crippen LogP contribution is 2.50. The van der Waals surface area contributed by atoms with E-state index in [1.54, 1.807) is 34.3 Å². The van der Waals surface area contributed by atoms with Gasteiger partial charge in [-0.3, -0.25) is 14.4 Å². The Morgan fingerprint density at radius 1 is 0.927 bits per heavy atom. The molecular weight excluding hydrogens is 522 g/mol. The molecule has 9 heteroatoms. The molecule has 3 aromatic carbocycles. The molecule has 1 aliphatic rings. The highest BCUT2D eigenvalue weighted by Gasteiger charge is 2.29. The number of rotatable bonds is 9. The molecule has 0 saturated carbocycles. The summed E-state index contributed by atoms with van der Waals surface area (Å²) in [6.45, 7) is 5.07. The van der Waals surface area contributed by atoms with Gasteiger partial charge in [0, 0.05) is 12.5 Å². The third-order valence-electron chi connectivity index (χ3n) is 7.34. The molecule has 216 valence electrons. The number of anilines is 1. The summed E-state index contributed by atoms with van der Waals surface area (Å²) < 4.78 is 17.0. The second-order valence-corrected chi connectivity index (χ2v) is 10.1. The second kappa shape index (κ2) is 12.8. The predicted octanol–water partition coefficient (Wildman–Crippen LogP) is 4.54. The van der Waals surface area contributed by atoms with Crippen LogP contribution in [0.15, 0.2) is 59.4 Å². The van der Waals surface area contributed by atoms with Crippen molar-refractivity contribution in [2.45, 2.75) is 51.7 Å². The molecule has 0 fully saturated rings. The van der Waals surface area contributed by atoms with Crippen molar-refractivity contribution < 1.29 is 23.8 Å². The molecule has 3 N–H and O–H groups in total. The van der Waals surface area contributed by atoms with E-state index in [4.69, 9.17) is 14.2 Å². The van der Waals surface area contributed by atoms with E-state index in [1.807, 2.05) is 49.4 Å². The Morgan fingerprint density at radius 3 is 2.27 bits per heavy atom. The topological polar surface area (TPSA) is 115 Å². The van der Waals surface area contributed by atoms with Crippen molar-refractivity contribution in [2.24, 2.45) is 0 Å². The van der Waals surface area contributed by atoms with Crippen LogP contribution in [0.1, 0.15) is 56.0 Å². The van der Waals surface area contributed by atoms with E-state index in [1.165, 1.54) is 13.0 Å². The summed E-state index contributed by atoms with van der Waals surface area (Å²) in [4.78, 5) is 38.7. The molecule has 2 amide bonds. The van der Waals surface area contributed by atoms with Gasteiger partial charge in [0.1, 0.15) is 6.04 Å². The summed E-state index contributed by atoms with van der Waals surface area (Å²) in [6.07, 6.45) is 1.16. The van der Waals surface area contributed by atoms with Gasteiger partial charge in [0.05, 0.1) is 39.1 Å². The molecule has 41 heavy (non-hydrogen) atoms. The molecule has 0 saturated heterocycles. The molecule has 0 aliphatic heterocycles. The van der Waals surface area contributed by atoms with Gasteiger partial charge in [0.15, 0.2) is 11.5 Å². The van der Waals surface area contributed by atoms with Gasteiger partial charge >= 0.3 is 0 Å². The lowest BCUT2D eigenvalue weighted by Crippen LogP contribution is -2.39. The van der Waals surface area contributed by atoms with Gasteiger partial charge in [0.25, 0.3) is 0 Å². The molecule has 1 aliphatic carbocycles. The number of methoxy groups -OCH3 is 3. The van der Waals surface area contributed by atoms with E-state index in [-0.39, 0.29) is 29.0 Å². The Morgan fingerprint density at radius 2 is 1.63 bits per heavy atom. The number of amides is 2. The molecule has 0 heterocycles. The van der Waals surface area contributed by atoms with Crippen LogP contribution in [0.25, 0.3) is 11.1 Å². The van der Waals surface area contributed by atoms with Crippen molar-refractivity contribution in [3.05, 3.63) is 81.5 Å². The quantitative estimate of drug-likeness (QED) is 0.353. The van der Waals surface area contributed by atoms with Crippen molar-refractivity contribution in [1.82, 2.24) is 10.6 Å². The Labute approximate surface area is 240 Å². The lowest BCUT2D eigenvalue weighted by atomic mass is 9.95. The maximum Gasteiger partial charge on any atom is 0.242 e. The largest absolute Gasteiger partial charge is 0.493 e. The normalized spacial score (nSPS) is 15.2. The van der Waals surface area contributed by atoms with E-state index in [0.29, 0.717) is 41.2 Å². The third-order valence-corrected chi connectivity index (χ3v) is 7.34. The Hall–Kier alpha value is -4.53. The number of ether oxygens (including phenoxy) is 3. The first-order valence-electron chi connectivity index (χ1n) is 13.6. The van der Waals surface area contributed by atoms with Crippen molar-refractivity contribution >= 4 is 17.5 Å². The van der Waals surface area contributed by atoms with Gasteiger partial charge in [0.2, 0.25) is 23.0 Å². The fraction of sp³-hybridized carbons (Fsp3) is 0.344. The minimum Gasteiger partial charge on any atom is -0.493 e. The van der Waals surface area contributed by atoms with E-state index >= 15 is 0 Å². The van der Waals surface area contributed by atoms with Crippen molar-refractivity contribution in [3.8, 4) is 28.4 Å². The molecule has 3 aromatic rings.